The van der Waals surface area contributed by atoms with E-state index in [1.54, 1.807) is 24.7 Å². The molecule has 0 fully saturated rings. The Hall–Kier alpha value is -3.13. The topological polar surface area (TPSA) is 71.1 Å². The van der Waals surface area contributed by atoms with Gasteiger partial charge in [-0.1, -0.05) is 42.0 Å². The number of aryl methyl sites for hydroxylation is 3. The number of halogens is 1. The number of aromatic nitrogens is 4. The van der Waals surface area contributed by atoms with Crippen LogP contribution in [-0.4, -0.2) is 18.7 Å². The Kier molecular flexibility index (Phi) is 4.87. The van der Waals surface area contributed by atoms with Gasteiger partial charge in [0.05, 0.1) is 11.0 Å². The Morgan fingerprint density at radius 2 is 1.69 bits per heavy atom. The Labute approximate surface area is 174 Å². The molecule has 0 spiro atoms. The number of para-hydroxylation sites is 1. The molecule has 4 rings (SSSR count). The second-order valence-corrected chi connectivity index (χ2v) is 7.73. The number of fused-ring (bicyclic) bond motifs is 1. The van der Waals surface area contributed by atoms with Gasteiger partial charge in [0.2, 0.25) is 0 Å². The highest BCUT2D eigenvalue weighted by Crippen LogP contribution is 2.29. The summed E-state index contributed by atoms with van der Waals surface area (Å²) in [7, 11) is 3.30. The molecule has 7 nitrogen and oxygen atoms in total. The van der Waals surface area contributed by atoms with Crippen LogP contribution in [0.15, 0.2) is 62.6 Å². The summed E-state index contributed by atoms with van der Waals surface area (Å²) in [5, 5.41) is 0. The fourth-order valence-corrected chi connectivity index (χ4v) is 3.52. The van der Waals surface area contributed by atoms with E-state index in [4.69, 9.17) is 4.74 Å². The maximum atomic E-state index is 13.2. The van der Waals surface area contributed by atoms with Crippen LogP contribution < -0.4 is 16.0 Å². The molecule has 4 aromatic rings. The molecule has 2 aromatic heterocycles. The van der Waals surface area contributed by atoms with Crippen molar-refractivity contribution in [2.75, 3.05) is 0 Å². The predicted molar refractivity (Wildman–Crippen MR) is 115 cm³/mol. The Balaban J connectivity index is 1.85. The van der Waals surface area contributed by atoms with Gasteiger partial charge in [0.1, 0.15) is 5.75 Å². The third kappa shape index (κ3) is 3.40. The molecule has 8 heteroatoms. The maximum absolute atomic E-state index is 13.2. The summed E-state index contributed by atoms with van der Waals surface area (Å²) in [4.78, 5) is 30.4. The minimum Gasteiger partial charge on any atom is -0.424 e. The average molecular weight is 455 g/mol. The van der Waals surface area contributed by atoms with E-state index >= 15 is 0 Å². The summed E-state index contributed by atoms with van der Waals surface area (Å²) in [6, 6.07) is 15.3. The largest absolute Gasteiger partial charge is 0.424 e. The second kappa shape index (κ2) is 7.36. The zero-order chi connectivity index (χ0) is 20.7. The zero-order valence-electron chi connectivity index (χ0n) is 16.2. The van der Waals surface area contributed by atoms with Gasteiger partial charge in [-0.15, -0.1) is 0 Å². The Bertz CT molecular complexity index is 1330. The van der Waals surface area contributed by atoms with Gasteiger partial charge in [0.25, 0.3) is 5.56 Å². The summed E-state index contributed by atoms with van der Waals surface area (Å²) in [5.41, 5.74) is 1.76. The van der Waals surface area contributed by atoms with Crippen molar-refractivity contribution in [3.63, 3.8) is 0 Å². The molecular formula is C21H19BrN4O3. The normalized spacial score (nSPS) is 11.2. The van der Waals surface area contributed by atoms with Gasteiger partial charge in [-0.05, 0) is 40.5 Å². The monoisotopic (exact) mass is 454 g/mol. The summed E-state index contributed by atoms with van der Waals surface area (Å²) >= 11 is 3.43. The molecule has 2 heterocycles. The van der Waals surface area contributed by atoms with E-state index in [0.29, 0.717) is 11.3 Å². The van der Waals surface area contributed by atoms with Crippen molar-refractivity contribution >= 4 is 27.1 Å². The first kappa shape index (κ1) is 19.2. The fourth-order valence-electron chi connectivity index (χ4n) is 3.16. The number of hydrogen-bond donors (Lipinski definition) is 0. The number of ether oxygens (including phenoxy) is 1. The van der Waals surface area contributed by atoms with E-state index in [9.17, 15) is 9.59 Å². The number of hydrogen-bond acceptors (Lipinski definition) is 4. The van der Waals surface area contributed by atoms with Crippen LogP contribution >= 0.6 is 15.9 Å². The van der Waals surface area contributed by atoms with Crippen LogP contribution in [0.3, 0.4) is 0 Å². The molecule has 0 atom stereocenters. The van der Waals surface area contributed by atoms with Crippen LogP contribution in [0.1, 0.15) is 11.1 Å². The lowest BCUT2D eigenvalue weighted by atomic mass is 10.1. The van der Waals surface area contributed by atoms with Crippen molar-refractivity contribution < 1.29 is 4.74 Å². The van der Waals surface area contributed by atoms with Crippen molar-refractivity contribution in [2.24, 2.45) is 14.1 Å². The first-order chi connectivity index (χ1) is 13.9. The number of nitrogens with zero attached hydrogens (tertiary/aromatic N) is 4. The lowest BCUT2D eigenvalue weighted by molar-refractivity contribution is 0.425. The van der Waals surface area contributed by atoms with E-state index < -0.39 is 11.2 Å². The van der Waals surface area contributed by atoms with E-state index in [1.807, 2.05) is 49.4 Å². The molecule has 29 heavy (non-hydrogen) atoms. The molecule has 2 aromatic carbocycles. The van der Waals surface area contributed by atoms with Gasteiger partial charge in [0.15, 0.2) is 11.2 Å². The lowest BCUT2D eigenvalue weighted by Gasteiger charge is -2.09. The molecule has 0 bridgehead atoms. The molecule has 148 valence electrons. The van der Waals surface area contributed by atoms with E-state index in [2.05, 4.69) is 20.9 Å². The van der Waals surface area contributed by atoms with Gasteiger partial charge in [-0.25, -0.2) is 4.79 Å². The first-order valence-corrected chi connectivity index (χ1v) is 9.80. The van der Waals surface area contributed by atoms with Crippen molar-refractivity contribution in [2.45, 2.75) is 13.5 Å². The number of imidazole rings is 1. The van der Waals surface area contributed by atoms with Gasteiger partial charge in [0, 0.05) is 14.1 Å². The third-order valence-electron chi connectivity index (χ3n) is 4.82. The van der Waals surface area contributed by atoms with Crippen molar-refractivity contribution in [3.05, 3.63) is 85.0 Å². The Morgan fingerprint density at radius 3 is 2.38 bits per heavy atom. The smallest absolute Gasteiger partial charge is 0.332 e. The van der Waals surface area contributed by atoms with Gasteiger partial charge in [-0.3, -0.25) is 18.5 Å². The number of benzene rings is 2. The summed E-state index contributed by atoms with van der Waals surface area (Å²) < 4.78 is 10.8. The SMILES string of the molecule is Cc1ccc(Cn2c(=O)c3c(nc(Oc4ccccc4Br)n3C)n(C)c2=O)cc1. The van der Waals surface area contributed by atoms with E-state index in [1.165, 1.54) is 9.13 Å². The van der Waals surface area contributed by atoms with Crippen molar-refractivity contribution in [3.8, 4) is 11.8 Å². The van der Waals surface area contributed by atoms with Gasteiger partial charge < -0.3 is 4.74 Å². The molecule has 0 aliphatic heterocycles. The summed E-state index contributed by atoms with van der Waals surface area (Å²) in [6.07, 6.45) is 0. The van der Waals surface area contributed by atoms with Crippen LogP contribution in [0.2, 0.25) is 0 Å². The highest BCUT2D eigenvalue weighted by molar-refractivity contribution is 9.10. The molecule has 0 amide bonds. The lowest BCUT2D eigenvalue weighted by Crippen LogP contribution is -2.39. The molecule has 0 radical (unpaired) electrons. The Morgan fingerprint density at radius 1 is 1.00 bits per heavy atom. The minimum absolute atomic E-state index is 0.188. The van der Waals surface area contributed by atoms with Crippen LogP contribution in [0, 0.1) is 6.92 Å². The molecule has 0 unspecified atom stereocenters. The minimum atomic E-state index is -0.423. The molecule has 0 saturated carbocycles. The van der Waals surface area contributed by atoms with Crippen LogP contribution in [0.25, 0.3) is 11.2 Å². The van der Waals surface area contributed by atoms with Gasteiger partial charge in [-0.2, -0.15) is 4.98 Å². The summed E-state index contributed by atoms with van der Waals surface area (Å²) in [5.74, 6) is 0.566. The van der Waals surface area contributed by atoms with Crippen LogP contribution in [0.4, 0.5) is 0 Å². The average Bonchev–Trinajstić information content (AvgIpc) is 3.03. The maximum Gasteiger partial charge on any atom is 0.332 e. The zero-order valence-corrected chi connectivity index (χ0v) is 17.8. The summed E-state index contributed by atoms with van der Waals surface area (Å²) in [6.45, 7) is 2.18. The van der Waals surface area contributed by atoms with Crippen molar-refractivity contribution in [1.29, 1.82) is 0 Å². The first-order valence-electron chi connectivity index (χ1n) is 9.01. The standard InChI is InChI=1S/C21H19BrN4O3/c1-13-8-10-14(11-9-13)12-26-19(27)17-18(25(3)21(26)28)23-20(24(17)2)29-16-7-5-4-6-15(16)22/h4-11H,12H2,1-3H3. The predicted octanol–water partition coefficient (Wildman–Crippen LogP) is 3.35. The highest BCUT2D eigenvalue weighted by atomic mass is 79.9. The molecule has 0 N–H and O–H groups in total. The quantitative estimate of drug-likeness (QED) is 0.473. The molecule has 0 aliphatic carbocycles. The molecule has 0 aliphatic rings. The van der Waals surface area contributed by atoms with Crippen LogP contribution in [0.5, 0.6) is 11.8 Å². The van der Waals surface area contributed by atoms with Crippen molar-refractivity contribution in [1.82, 2.24) is 18.7 Å². The number of rotatable bonds is 4. The van der Waals surface area contributed by atoms with E-state index in [-0.39, 0.29) is 18.2 Å². The third-order valence-corrected chi connectivity index (χ3v) is 5.47. The van der Waals surface area contributed by atoms with Gasteiger partial charge >= 0.3 is 11.7 Å². The fraction of sp³-hybridized carbons (Fsp3) is 0.190. The van der Waals surface area contributed by atoms with Crippen LogP contribution in [-0.2, 0) is 20.6 Å². The highest BCUT2D eigenvalue weighted by Gasteiger charge is 2.20. The molecular weight excluding hydrogens is 436 g/mol. The van der Waals surface area contributed by atoms with E-state index in [0.717, 1.165) is 15.6 Å². The molecule has 0 saturated heterocycles. The second-order valence-electron chi connectivity index (χ2n) is 6.88.